The van der Waals surface area contributed by atoms with Crippen molar-refractivity contribution in [2.24, 2.45) is 0 Å². The monoisotopic (exact) mass is 398 g/mol. The molecule has 1 heterocycles. The summed E-state index contributed by atoms with van der Waals surface area (Å²) in [5.41, 5.74) is 0. The summed E-state index contributed by atoms with van der Waals surface area (Å²) >= 11 is 1.06. The topological polar surface area (TPSA) is 108 Å². The highest BCUT2D eigenvalue weighted by atomic mass is 35.5. The molecule has 0 saturated carbocycles. The van der Waals surface area contributed by atoms with Gasteiger partial charge >= 0.3 is 0 Å². The van der Waals surface area contributed by atoms with E-state index in [1.165, 1.54) is 17.9 Å². The highest BCUT2D eigenvalue weighted by molar-refractivity contribution is 7.91. The van der Waals surface area contributed by atoms with Crippen molar-refractivity contribution in [3.05, 3.63) is 17.0 Å². The van der Waals surface area contributed by atoms with Crippen LogP contribution in [-0.2, 0) is 26.2 Å². The average Bonchev–Trinajstić information content (AvgIpc) is 2.98. The summed E-state index contributed by atoms with van der Waals surface area (Å²) in [6.45, 7) is 2.51. The zero-order valence-electron chi connectivity index (χ0n) is 13.8. The molecule has 0 aliphatic carbocycles. The molecule has 0 fully saturated rings. The van der Waals surface area contributed by atoms with Crippen LogP contribution in [0.15, 0.2) is 16.3 Å². The van der Waals surface area contributed by atoms with E-state index in [0.717, 1.165) is 16.2 Å². The van der Waals surface area contributed by atoms with Gasteiger partial charge in [-0.15, -0.1) is 23.7 Å². The quantitative estimate of drug-likeness (QED) is 0.532. The Labute approximate surface area is 152 Å². The molecule has 2 amide bonds. The van der Waals surface area contributed by atoms with Crippen LogP contribution >= 0.6 is 23.7 Å². The molecule has 11 heteroatoms. The molecule has 138 valence electrons. The molecule has 8 nitrogen and oxygen atoms in total. The van der Waals surface area contributed by atoms with Gasteiger partial charge in [0.15, 0.2) is 0 Å². The van der Waals surface area contributed by atoms with Gasteiger partial charge in [0.05, 0.1) is 13.1 Å². The highest BCUT2D eigenvalue weighted by Gasteiger charge is 2.19. The Kier molecular flexibility index (Phi) is 10.1. The molecule has 0 bridgehead atoms. The first-order valence-corrected chi connectivity index (χ1v) is 9.27. The maximum atomic E-state index is 12.2. The van der Waals surface area contributed by atoms with E-state index < -0.39 is 10.0 Å². The molecule has 1 rings (SSSR count). The lowest BCUT2D eigenvalue weighted by molar-refractivity contribution is -0.128. The first-order chi connectivity index (χ1) is 10.8. The Morgan fingerprint density at radius 1 is 1.29 bits per heavy atom. The van der Waals surface area contributed by atoms with E-state index in [2.05, 4.69) is 15.4 Å². The molecule has 0 radical (unpaired) electrons. The van der Waals surface area contributed by atoms with E-state index in [0.29, 0.717) is 13.1 Å². The van der Waals surface area contributed by atoms with Crippen molar-refractivity contribution in [1.82, 2.24) is 20.3 Å². The van der Waals surface area contributed by atoms with Gasteiger partial charge in [-0.1, -0.05) is 0 Å². The lowest BCUT2D eigenvalue weighted by Crippen LogP contribution is -2.40. The number of thiophene rings is 1. The zero-order valence-corrected chi connectivity index (χ0v) is 16.2. The number of hydrogen-bond donors (Lipinski definition) is 3. The lowest BCUT2D eigenvalue weighted by atomic mass is 10.4. The van der Waals surface area contributed by atoms with Crippen molar-refractivity contribution in [2.45, 2.75) is 17.7 Å². The van der Waals surface area contributed by atoms with Gasteiger partial charge in [-0.05, 0) is 19.2 Å². The fraction of sp³-hybridized carbons (Fsp3) is 0.538. The Balaban J connectivity index is 0.00000529. The van der Waals surface area contributed by atoms with Gasteiger partial charge < -0.3 is 15.5 Å². The van der Waals surface area contributed by atoms with Gasteiger partial charge in [-0.2, -0.15) is 0 Å². The van der Waals surface area contributed by atoms with E-state index in [4.69, 9.17) is 0 Å². The normalized spacial score (nSPS) is 10.8. The highest BCUT2D eigenvalue weighted by Crippen LogP contribution is 2.21. The molecule has 1 aromatic heterocycles. The van der Waals surface area contributed by atoms with Crippen molar-refractivity contribution < 1.29 is 18.0 Å². The smallest absolute Gasteiger partial charge is 0.250 e. The van der Waals surface area contributed by atoms with Crippen LogP contribution in [0.5, 0.6) is 0 Å². The summed E-state index contributed by atoms with van der Waals surface area (Å²) in [7, 11) is -0.345. The first-order valence-electron chi connectivity index (χ1n) is 6.97. The van der Waals surface area contributed by atoms with Crippen LogP contribution in [0.25, 0.3) is 0 Å². The summed E-state index contributed by atoms with van der Waals surface area (Å²) in [5, 5.41) is 5.51. The molecular weight excluding hydrogens is 376 g/mol. The second kappa shape index (κ2) is 10.6. The number of nitrogens with zero attached hydrogens (tertiary/aromatic N) is 1. The molecule has 24 heavy (non-hydrogen) atoms. The molecule has 0 aliphatic rings. The maximum absolute atomic E-state index is 12.2. The number of sulfonamides is 1. The number of carbonyl (C=O) groups excluding carboxylic acids is 2. The second-order valence-corrected chi connectivity index (χ2v) is 8.04. The van der Waals surface area contributed by atoms with E-state index in [9.17, 15) is 18.0 Å². The van der Waals surface area contributed by atoms with E-state index >= 15 is 0 Å². The number of carbonyl (C=O) groups is 2. The predicted octanol–water partition coefficient (Wildman–Crippen LogP) is -0.238. The fourth-order valence-electron chi connectivity index (χ4n) is 1.58. The van der Waals surface area contributed by atoms with Crippen molar-refractivity contribution in [2.75, 3.05) is 33.7 Å². The summed E-state index contributed by atoms with van der Waals surface area (Å²) in [4.78, 5) is 24.9. The minimum absolute atomic E-state index is 0. The molecule has 0 aromatic carbocycles. The Morgan fingerprint density at radius 2 is 1.96 bits per heavy atom. The van der Waals surface area contributed by atoms with Crippen LogP contribution in [0.4, 0.5) is 0 Å². The fourth-order valence-corrected chi connectivity index (χ4v) is 3.89. The van der Waals surface area contributed by atoms with Gasteiger partial charge in [0.25, 0.3) is 10.0 Å². The van der Waals surface area contributed by atoms with Crippen LogP contribution in [0.3, 0.4) is 0 Å². The minimum atomic E-state index is -3.73. The van der Waals surface area contributed by atoms with Crippen LogP contribution in [0.2, 0.25) is 0 Å². The minimum Gasteiger partial charge on any atom is -0.351 e. The molecule has 0 saturated heterocycles. The van der Waals surface area contributed by atoms with Gasteiger partial charge in [0, 0.05) is 31.9 Å². The Bertz CT molecular complexity index is 648. The maximum Gasteiger partial charge on any atom is 0.250 e. The van der Waals surface area contributed by atoms with E-state index in [1.54, 1.807) is 20.2 Å². The van der Waals surface area contributed by atoms with Crippen LogP contribution in [0, 0.1) is 0 Å². The first kappa shape index (κ1) is 22.8. The molecule has 1 aromatic rings. The SMILES string of the molecule is CNCCN(C)C(=O)CNS(=O)(=O)c1ccc(CNC(C)=O)s1.Cl. The zero-order chi connectivity index (χ0) is 17.5. The molecule has 0 aliphatic heterocycles. The van der Waals surface area contributed by atoms with Gasteiger partial charge in [-0.3, -0.25) is 9.59 Å². The number of likely N-dealkylation sites (N-methyl/N-ethyl adjacent to an activating group) is 2. The predicted molar refractivity (Wildman–Crippen MR) is 95.8 cm³/mol. The lowest BCUT2D eigenvalue weighted by Gasteiger charge is -2.16. The number of halogens is 1. The number of amides is 2. The largest absolute Gasteiger partial charge is 0.351 e. The Morgan fingerprint density at radius 3 is 2.54 bits per heavy atom. The summed E-state index contributed by atoms with van der Waals surface area (Å²) in [6.07, 6.45) is 0. The van der Waals surface area contributed by atoms with Crippen LogP contribution in [-0.4, -0.2) is 58.9 Å². The third kappa shape index (κ3) is 7.58. The van der Waals surface area contributed by atoms with Crippen molar-refractivity contribution in [1.29, 1.82) is 0 Å². The third-order valence-electron chi connectivity index (χ3n) is 2.95. The van der Waals surface area contributed by atoms with Crippen molar-refractivity contribution >= 4 is 45.6 Å². The number of rotatable bonds is 9. The van der Waals surface area contributed by atoms with E-state index in [1.807, 2.05) is 0 Å². The van der Waals surface area contributed by atoms with E-state index in [-0.39, 0.29) is 41.5 Å². The number of hydrogen-bond acceptors (Lipinski definition) is 6. The van der Waals surface area contributed by atoms with Crippen LogP contribution < -0.4 is 15.4 Å². The average molecular weight is 399 g/mol. The number of nitrogens with one attached hydrogen (secondary N) is 3. The molecule has 0 spiro atoms. The molecular formula is C13H23ClN4O4S2. The van der Waals surface area contributed by atoms with Gasteiger partial charge in [0.1, 0.15) is 4.21 Å². The van der Waals surface area contributed by atoms with Crippen LogP contribution in [0.1, 0.15) is 11.8 Å². The van der Waals surface area contributed by atoms with Gasteiger partial charge in [0.2, 0.25) is 11.8 Å². The van der Waals surface area contributed by atoms with Crippen molar-refractivity contribution in [3.8, 4) is 0 Å². The molecule has 3 N–H and O–H groups in total. The standard InChI is InChI=1S/C13H22N4O4S2.ClH/c1-10(18)15-8-11-4-5-13(22-11)23(20,21)16-9-12(19)17(3)7-6-14-2;/h4-5,14,16H,6-9H2,1-3H3,(H,15,18);1H. The summed E-state index contributed by atoms with van der Waals surface area (Å²) in [5.74, 6) is -0.491. The second-order valence-electron chi connectivity index (χ2n) is 4.87. The third-order valence-corrected chi connectivity index (χ3v) is 5.93. The molecule has 0 atom stereocenters. The van der Waals surface area contributed by atoms with Gasteiger partial charge in [-0.25, -0.2) is 13.1 Å². The summed E-state index contributed by atoms with van der Waals surface area (Å²) < 4.78 is 26.7. The van der Waals surface area contributed by atoms with Crippen molar-refractivity contribution in [3.63, 3.8) is 0 Å². The Hall–Kier alpha value is -1.20. The molecule has 0 unspecified atom stereocenters. The summed E-state index contributed by atoms with van der Waals surface area (Å²) in [6, 6.07) is 3.09.